The number of halogens is 1. The van der Waals surface area contributed by atoms with Gasteiger partial charge in [0.05, 0.1) is 23.1 Å². The summed E-state index contributed by atoms with van der Waals surface area (Å²) in [5.74, 6) is 1.05. The summed E-state index contributed by atoms with van der Waals surface area (Å²) < 4.78 is 11.8. The van der Waals surface area contributed by atoms with Gasteiger partial charge in [-0.25, -0.2) is 0 Å². The van der Waals surface area contributed by atoms with E-state index in [-0.39, 0.29) is 11.9 Å². The molecule has 0 radical (unpaired) electrons. The van der Waals surface area contributed by atoms with Crippen molar-refractivity contribution >= 4 is 21.9 Å². The van der Waals surface area contributed by atoms with Gasteiger partial charge in [0.15, 0.2) is 0 Å². The molecule has 3 nitrogen and oxygen atoms in total. The number of fused-ring (bicyclic) bond motifs is 1. The third kappa shape index (κ3) is 2.50. The maximum atomic E-state index is 12.3. The predicted molar refractivity (Wildman–Crippen MR) is 84.3 cm³/mol. The van der Waals surface area contributed by atoms with Crippen LogP contribution in [0.15, 0.2) is 34.8 Å². The fourth-order valence-corrected chi connectivity index (χ4v) is 4.09. The van der Waals surface area contributed by atoms with Crippen LogP contribution >= 0.6 is 15.9 Å². The third-order valence-corrected chi connectivity index (χ3v) is 5.14. The zero-order chi connectivity index (χ0) is 15.0. The van der Waals surface area contributed by atoms with Crippen LogP contribution < -0.4 is 4.74 Å². The van der Waals surface area contributed by atoms with Crippen molar-refractivity contribution in [1.82, 2.24) is 0 Å². The van der Waals surface area contributed by atoms with Crippen LogP contribution in [-0.4, -0.2) is 19.2 Å². The smallest absolute Gasteiger partial charge is 0.313 e. The topological polar surface area (TPSA) is 35.5 Å². The SMILES string of the molecule is C=C1CC2COC(=O)C2(Cc2ccc(OCC)c(Br)c2)C1. The first-order chi connectivity index (χ1) is 10.0. The number of carbonyl (C=O) groups is 1. The van der Waals surface area contributed by atoms with Gasteiger partial charge in [0.1, 0.15) is 5.75 Å². The molecule has 0 spiro atoms. The van der Waals surface area contributed by atoms with Crippen LogP contribution in [0.1, 0.15) is 25.3 Å². The van der Waals surface area contributed by atoms with Crippen molar-refractivity contribution in [3.8, 4) is 5.75 Å². The summed E-state index contributed by atoms with van der Waals surface area (Å²) in [4.78, 5) is 12.3. The molecular formula is C17H19BrO3. The van der Waals surface area contributed by atoms with Crippen LogP contribution in [0, 0.1) is 11.3 Å². The molecule has 2 unspecified atom stereocenters. The molecule has 1 aliphatic heterocycles. The van der Waals surface area contributed by atoms with Crippen molar-refractivity contribution in [2.75, 3.05) is 13.2 Å². The second kappa shape index (κ2) is 5.48. The van der Waals surface area contributed by atoms with E-state index in [1.807, 2.05) is 25.1 Å². The lowest BCUT2D eigenvalue weighted by Gasteiger charge is -2.24. The van der Waals surface area contributed by atoms with E-state index in [2.05, 4.69) is 22.5 Å². The molecule has 1 heterocycles. The monoisotopic (exact) mass is 350 g/mol. The van der Waals surface area contributed by atoms with Crippen LogP contribution in [0.4, 0.5) is 0 Å². The van der Waals surface area contributed by atoms with Gasteiger partial charge in [-0.2, -0.15) is 0 Å². The Labute approximate surface area is 133 Å². The zero-order valence-corrected chi connectivity index (χ0v) is 13.7. The van der Waals surface area contributed by atoms with E-state index in [0.717, 1.165) is 28.6 Å². The molecule has 112 valence electrons. The Kier molecular flexibility index (Phi) is 3.82. The molecule has 1 aromatic rings. The summed E-state index contributed by atoms with van der Waals surface area (Å²) in [5, 5.41) is 0. The fourth-order valence-electron chi connectivity index (χ4n) is 3.55. The average Bonchev–Trinajstić information content (AvgIpc) is 2.89. The van der Waals surface area contributed by atoms with Gasteiger partial charge < -0.3 is 9.47 Å². The van der Waals surface area contributed by atoms with Gasteiger partial charge in [0.2, 0.25) is 0 Å². The summed E-state index contributed by atoms with van der Waals surface area (Å²) in [6.07, 6.45) is 2.37. The van der Waals surface area contributed by atoms with Crippen molar-refractivity contribution in [3.63, 3.8) is 0 Å². The maximum absolute atomic E-state index is 12.3. The summed E-state index contributed by atoms with van der Waals surface area (Å²) in [6, 6.07) is 6.04. The Morgan fingerprint density at radius 1 is 1.52 bits per heavy atom. The van der Waals surface area contributed by atoms with Gasteiger partial charge in [-0.05, 0) is 59.8 Å². The molecule has 1 aliphatic carbocycles. The van der Waals surface area contributed by atoms with Gasteiger partial charge in [-0.1, -0.05) is 18.2 Å². The highest BCUT2D eigenvalue weighted by molar-refractivity contribution is 9.10. The quantitative estimate of drug-likeness (QED) is 0.610. The number of hydrogen-bond donors (Lipinski definition) is 0. The second-order valence-corrected chi connectivity index (χ2v) is 6.81. The number of allylic oxidation sites excluding steroid dienone is 1. The Morgan fingerprint density at radius 3 is 3.05 bits per heavy atom. The van der Waals surface area contributed by atoms with Crippen LogP contribution in [0.5, 0.6) is 5.75 Å². The van der Waals surface area contributed by atoms with Crippen molar-refractivity contribution in [2.24, 2.45) is 11.3 Å². The minimum Gasteiger partial charge on any atom is -0.493 e. The van der Waals surface area contributed by atoms with Gasteiger partial charge in [0, 0.05) is 5.92 Å². The highest BCUT2D eigenvalue weighted by atomic mass is 79.9. The highest BCUT2D eigenvalue weighted by Gasteiger charge is 2.55. The van der Waals surface area contributed by atoms with Gasteiger partial charge >= 0.3 is 5.97 Å². The molecule has 2 fully saturated rings. The lowest BCUT2D eigenvalue weighted by Crippen LogP contribution is -2.31. The fraction of sp³-hybridized carbons (Fsp3) is 0.471. The normalized spacial score (nSPS) is 27.6. The first-order valence-electron chi connectivity index (χ1n) is 7.30. The number of carbonyl (C=O) groups excluding carboxylic acids is 1. The number of benzene rings is 1. The van der Waals surface area contributed by atoms with E-state index >= 15 is 0 Å². The van der Waals surface area contributed by atoms with Crippen LogP contribution in [0.25, 0.3) is 0 Å². The first-order valence-corrected chi connectivity index (χ1v) is 8.09. The molecule has 2 aliphatic rings. The Morgan fingerprint density at radius 2 is 2.33 bits per heavy atom. The largest absolute Gasteiger partial charge is 0.493 e. The predicted octanol–water partition coefficient (Wildman–Crippen LogP) is 3.90. The van der Waals surface area contributed by atoms with Crippen molar-refractivity contribution in [2.45, 2.75) is 26.2 Å². The van der Waals surface area contributed by atoms with E-state index < -0.39 is 5.41 Å². The van der Waals surface area contributed by atoms with E-state index in [1.54, 1.807) is 0 Å². The Hall–Kier alpha value is -1.29. The van der Waals surface area contributed by atoms with Crippen molar-refractivity contribution in [3.05, 3.63) is 40.4 Å². The van der Waals surface area contributed by atoms with Crippen molar-refractivity contribution < 1.29 is 14.3 Å². The van der Waals surface area contributed by atoms with E-state index in [0.29, 0.717) is 19.6 Å². The van der Waals surface area contributed by atoms with E-state index in [1.165, 1.54) is 5.57 Å². The molecular weight excluding hydrogens is 332 g/mol. The molecule has 0 amide bonds. The van der Waals surface area contributed by atoms with E-state index in [4.69, 9.17) is 9.47 Å². The maximum Gasteiger partial charge on any atom is 0.313 e. The molecule has 3 rings (SSSR count). The Balaban J connectivity index is 1.87. The summed E-state index contributed by atoms with van der Waals surface area (Å²) in [6.45, 7) is 7.21. The number of rotatable bonds is 4. The highest BCUT2D eigenvalue weighted by Crippen LogP contribution is 2.52. The average molecular weight is 351 g/mol. The standard InChI is InChI=1S/C17H19BrO3/c1-3-20-15-5-4-12(7-14(15)18)9-17-8-11(2)6-13(17)10-21-16(17)19/h4-5,7,13H,2-3,6,8-10H2,1H3. The first kappa shape index (κ1) is 14.6. The molecule has 1 saturated carbocycles. The van der Waals surface area contributed by atoms with Gasteiger partial charge in [-0.15, -0.1) is 0 Å². The zero-order valence-electron chi connectivity index (χ0n) is 12.2. The molecule has 0 aromatic heterocycles. The van der Waals surface area contributed by atoms with Crippen LogP contribution in [0.2, 0.25) is 0 Å². The summed E-state index contributed by atoms with van der Waals surface area (Å²) in [5.41, 5.74) is 1.90. The van der Waals surface area contributed by atoms with Crippen LogP contribution in [-0.2, 0) is 16.0 Å². The minimum atomic E-state index is -0.399. The third-order valence-electron chi connectivity index (χ3n) is 4.52. The number of esters is 1. The summed E-state index contributed by atoms with van der Waals surface area (Å²) >= 11 is 3.54. The van der Waals surface area contributed by atoms with Crippen LogP contribution in [0.3, 0.4) is 0 Å². The number of hydrogen-bond acceptors (Lipinski definition) is 3. The van der Waals surface area contributed by atoms with Gasteiger partial charge in [-0.3, -0.25) is 4.79 Å². The second-order valence-electron chi connectivity index (χ2n) is 5.96. The molecule has 1 aromatic carbocycles. The number of cyclic esters (lactones) is 1. The molecule has 0 N–H and O–H groups in total. The van der Waals surface area contributed by atoms with Gasteiger partial charge in [0.25, 0.3) is 0 Å². The Bertz CT molecular complexity index is 596. The number of ether oxygens (including phenoxy) is 2. The van der Waals surface area contributed by atoms with E-state index in [9.17, 15) is 4.79 Å². The summed E-state index contributed by atoms with van der Waals surface area (Å²) in [7, 11) is 0. The lowest BCUT2D eigenvalue weighted by molar-refractivity contribution is -0.146. The molecule has 4 heteroatoms. The van der Waals surface area contributed by atoms with Crippen molar-refractivity contribution in [1.29, 1.82) is 0 Å². The molecule has 21 heavy (non-hydrogen) atoms. The molecule has 1 saturated heterocycles. The lowest BCUT2D eigenvalue weighted by atomic mass is 9.75. The molecule has 2 atom stereocenters. The molecule has 0 bridgehead atoms. The minimum absolute atomic E-state index is 0.0591.